The SMILES string of the molecule is COC1CCCC(Nc2ccc(-c3nnco3)cc2C)C1. The first-order chi connectivity index (χ1) is 10.3. The van der Waals surface area contributed by atoms with Gasteiger partial charge in [0.2, 0.25) is 12.3 Å². The van der Waals surface area contributed by atoms with E-state index in [1.807, 2.05) is 6.07 Å². The summed E-state index contributed by atoms with van der Waals surface area (Å²) in [6, 6.07) is 6.66. The molecule has 0 aliphatic heterocycles. The second-order valence-electron chi connectivity index (χ2n) is 5.64. The van der Waals surface area contributed by atoms with Crippen molar-refractivity contribution in [2.75, 3.05) is 12.4 Å². The van der Waals surface area contributed by atoms with Gasteiger partial charge in [0.15, 0.2) is 0 Å². The number of rotatable bonds is 4. The first-order valence-corrected chi connectivity index (χ1v) is 7.43. The number of aryl methyl sites for hydroxylation is 1. The zero-order valence-corrected chi connectivity index (χ0v) is 12.5. The molecule has 1 fully saturated rings. The molecule has 1 N–H and O–H groups in total. The molecule has 1 aliphatic carbocycles. The zero-order chi connectivity index (χ0) is 14.7. The van der Waals surface area contributed by atoms with Crippen LogP contribution in [0.3, 0.4) is 0 Å². The van der Waals surface area contributed by atoms with E-state index in [9.17, 15) is 0 Å². The molecule has 1 heterocycles. The summed E-state index contributed by atoms with van der Waals surface area (Å²) in [4.78, 5) is 0. The summed E-state index contributed by atoms with van der Waals surface area (Å²) in [6.07, 6.45) is 6.39. The number of methoxy groups -OCH3 is 1. The van der Waals surface area contributed by atoms with Crippen LogP contribution in [0, 0.1) is 6.92 Å². The van der Waals surface area contributed by atoms with Gasteiger partial charge in [-0.1, -0.05) is 0 Å². The van der Waals surface area contributed by atoms with Crippen LogP contribution in [0.15, 0.2) is 29.0 Å². The van der Waals surface area contributed by atoms with Gasteiger partial charge in [-0.15, -0.1) is 10.2 Å². The molecule has 5 heteroatoms. The highest BCUT2D eigenvalue weighted by molar-refractivity contribution is 5.62. The molecule has 1 aromatic carbocycles. The third-order valence-corrected chi connectivity index (χ3v) is 4.15. The quantitative estimate of drug-likeness (QED) is 0.933. The van der Waals surface area contributed by atoms with E-state index in [-0.39, 0.29) is 0 Å². The summed E-state index contributed by atoms with van der Waals surface area (Å²) in [7, 11) is 1.80. The molecule has 0 bridgehead atoms. The van der Waals surface area contributed by atoms with Crippen LogP contribution in [0.2, 0.25) is 0 Å². The van der Waals surface area contributed by atoms with Gasteiger partial charge in [-0.3, -0.25) is 0 Å². The third-order valence-electron chi connectivity index (χ3n) is 4.15. The van der Waals surface area contributed by atoms with Crippen LogP contribution in [-0.4, -0.2) is 29.5 Å². The second kappa shape index (κ2) is 6.26. The molecule has 2 unspecified atom stereocenters. The van der Waals surface area contributed by atoms with Gasteiger partial charge in [0.25, 0.3) is 0 Å². The number of nitrogens with one attached hydrogen (secondary N) is 1. The van der Waals surface area contributed by atoms with Crippen LogP contribution in [0.25, 0.3) is 11.5 Å². The lowest BCUT2D eigenvalue weighted by Gasteiger charge is -2.30. The van der Waals surface area contributed by atoms with Crippen LogP contribution in [0.5, 0.6) is 0 Å². The molecule has 0 radical (unpaired) electrons. The first-order valence-electron chi connectivity index (χ1n) is 7.43. The fraction of sp³-hybridized carbons (Fsp3) is 0.500. The van der Waals surface area contributed by atoms with E-state index < -0.39 is 0 Å². The van der Waals surface area contributed by atoms with Crippen molar-refractivity contribution in [3.63, 3.8) is 0 Å². The normalized spacial score (nSPS) is 22.2. The third kappa shape index (κ3) is 3.24. The molecule has 1 aliphatic rings. The lowest BCUT2D eigenvalue weighted by molar-refractivity contribution is 0.0669. The van der Waals surface area contributed by atoms with Crippen molar-refractivity contribution in [2.45, 2.75) is 44.8 Å². The number of anilines is 1. The zero-order valence-electron chi connectivity index (χ0n) is 12.5. The molecule has 2 aromatic rings. The Bertz CT molecular complexity index is 583. The molecule has 0 amide bonds. The number of benzene rings is 1. The van der Waals surface area contributed by atoms with Crippen molar-refractivity contribution in [2.24, 2.45) is 0 Å². The number of ether oxygens (including phenoxy) is 1. The largest absolute Gasteiger partial charge is 0.423 e. The molecule has 1 aromatic heterocycles. The van der Waals surface area contributed by atoms with E-state index in [0.29, 0.717) is 18.0 Å². The monoisotopic (exact) mass is 287 g/mol. The van der Waals surface area contributed by atoms with Gasteiger partial charge < -0.3 is 14.5 Å². The summed E-state index contributed by atoms with van der Waals surface area (Å²) >= 11 is 0. The molecule has 1 saturated carbocycles. The topological polar surface area (TPSA) is 60.2 Å². The van der Waals surface area contributed by atoms with Gasteiger partial charge in [0.1, 0.15) is 0 Å². The summed E-state index contributed by atoms with van der Waals surface area (Å²) in [5.41, 5.74) is 3.30. The second-order valence-corrected chi connectivity index (χ2v) is 5.64. The fourth-order valence-corrected chi connectivity index (χ4v) is 2.97. The van der Waals surface area contributed by atoms with E-state index in [2.05, 4.69) is 34.6 Å². The molecule has 0 saturated heterocycles. The Kier molecular flexibility index (Phi) is 4.20. The highest BCUT2D eigenvalue weighted by atomic mass is 16.5. The Balaban J connectivity index is 1.71. The van der Waals surface area contributed by atoms with E-state index in [1.165, 1.54) is 36.9 Å². The summed E-state index contributed by atoms with van der Waals surface area (Å²) in [5.74, 6) is 0.557. The van der Waals surface area contributed by atoms with Crippen LogP contribution in [0.1, 0.15) is 31.2 Å². The maximum atomic E-state index is 5.49. The van der Waals surface area contributed by atoms with Gasteiger partial charge in [-0.05, 0) is 56.4 Å². The van der Waals surface area contributed by atoms with E-state index in [4.69, 9.17) is 9.15 Å². The highest BCUT2D eigenvalue weighted by Gasteiger charge is 2.21. The average molecular weight is 287 g/mol. The van der Waals surface area contributed by atoms with Crippen molar-refractivity contribution >= 4 is 5.69 Å². The number of nitrogens with zero attached hydrogens (tertiary/aromatic N) is 2. The molecule has 3 rings (SSSR count). The van der Waals surface area contributed by atoms with E-state index >= 15 is 0 Å². The molecule has 21 heavy (non-hydrogen) atoms. The van der Waals surface area contributed by atoms with Gasteiger partial charge in [-0.25, -0.2) is 0 Å². The Hall–Kier alpha value is -1.88. The van der Waals surface area contributed by atoms with Crippen molar-refractivity contribution < 1.29 is 9.15 Å². The van der Waals surface area contributed by atoms with Crippen molar-refractivity contribution in [1.82, 2.24) is 10.2 Å². The molecule has 5 nitrogen and oxygen atoms in total. The molecule has 0 spiro atoms. The van der Waals surface area contributed by atoms with Crippen molar-refractivity contribution in [1.29, 1.82) is 0 Å². The molecular weight excluding hydrogens is 266 g/mol. The minimum atomic E-state index is 0.384. The van der Waals surface area contributed by atoms with Gasteiger partial charge in [0.05, 0.1) is 6.10 Å². The molecular formula is C16H21N3O2. The summed E-state index contributed by atoms with van der Waals surface area (Å²) < 4.78 is 10.7. The maximum Gasteiger partial charge on any atom is 0.247 e. The van der Waals surface area contributed by atoms with Crippen molar-refractivity contribution in [3.05, 3.63) is 30.2 Å². The van der Waals surface area contributed by atoms with Gasteiger partial charge in [0, 0.05) is 24.4 Å². The smallest absolute Gasteiger partial charge is 0.247 e. The molecule has 2 atom stereocenters. The average Bonchev–Trinajstić information content (AvgIpc) is 3.04. The van der Waals surface area contributed by atoms with Crippen molar-refractivity contribution in [3.8, 4) is 11.5 Å². The number of aromatic nitrogens is 2. The fourth-order valence-electron chi connectivity index (χ4n) is 2.97. The lowest BCUT2D eigenvalue weighted by Crippen LogP contribution is -2.31. The Morgan fingerprint density at radius 1 is 1.33 bits per heavy atom. The minimum absolute atomic E-state index is 0.384. The van der Waals surface area contributed by atoms with Crippen LogP contribution >= 0.6 is 0 Å². The maximum absolute atomic E-state index is 5.49. The molecule has 112 valence electrons. The number of hydrogen-bond acceptors (Lipinski definition) is 5. The Morgan fingerprint density at radius 2 is 2.24 bits per heavy atom. The van der Waals surface area contributed by atoms with E-state index in [0.717, 1.165) is 12.0 Å². The standard InChI is InChI=1S/C16H21N3O2/c1-11-8-12(16-19-17-10-21-16)6-7-15(11)18-13-4-3-5-14(9-13)20-2/h6-8,10,13-14,18H,3-5,9H2,1-2H3. The van der Waals surface area contributed by atoms with E-state index in [1.54, 1.807) is 7.11 Å². The highest BCUT2D eigenvalue weighted by Crippen LogP contribution is 2.27. The summed E-state index contributed by atoms with van der Waals surface area (Å²) in [6.45, 7) is 2.10. The minimum Gasteiger partial charge on any atom is -0.423 e. The van der Waals surface area contributed by atoms with Crippen LogP contribution < -0.4 is 5.32 Å². The first kappa shape index (κ1) is 14.1. The number of hydrogen-bond donors (Lipinski definition) is 1. The Morgan fingerprint density at radius 3 is 2.95 bits per heavy atom. The van der Waals surface area contributed by atoms with Gasteiger partial charge in [-0.2, -0.15) is 0 Å². The summed E-state index contributed by atoms with van der Waals surface area (Å²) in [5, 5.41) is 11.3. The van der Waals surface area contributed by atoms with Crippen LogP contribution in [0.4, 0.5) is 5.69 Å². The Labute approximate surface area is 124 Å². The van der Waals surface area contributed by atoms with Crippen LogP contribution in [-0.2, 0) is 4.74 Å². The predicted octanol–water partition coefficient (Wildman–Crippen LogP) is 3.41. The van der Waals surface area contributed by atoms with Gasteiger partial charge >= 0.3 is 0 Å². The predicted molar refractivity (Wildman–Crippen MR) is 81.1 cm³/mol. The lowest BCUT2D eigenvalue weighted by atomic mass is 9.92.